The third-order valence-electron chi connectivity index (χ3n) is 1.99. The highest BCUT2D eigenvalue weighted by Crippen LogP contribution is 1.98. The van der Waals surface area contributed by atoms with E-state index in [4.69, 9.17) is 5.11 Å². The number of aromatic amines is 1. The number of aliphatic carboxylic acids is 1. The average Bonchev–Trinajstić information content (AvgIpc) is 2.55. The molecule has 16 heavy (non-hydrogen) atoms. The highest BCUT2D eigenvalue weighted by molar-refractivity contribution is 5.69. The van der Waals surface area contributed by atoms with Gasteiger partial charge in [-0.2, -0.15) is 5.10 Å². The minimum absolute atomic E-state index is 0. The van der Waals surface area contributed by atoms with Gasteiger partial charge >= 0.3 is 5.97 Å². The van der Waals surface area contributed by atoms with Crippen molar-refractivity contribution in [2.75, 3.05) is 0 Å². The second kappa shape index (κ2) is 4.11. The molecule has 0 fully saturated rings. The molecule has 0 aliphatic rings. The minimum Gasteiger partial charge on any atom is -0.481 e. The lowest BCUT2D eigenvalue weighted by molar-refractivity contribution is -0.136. The summed E-state index contributed by atoms with van der Waals surface area (Å²) in [6.45, 7) is 1.61. The smallest absolute Gasteiger partial charge is 0.311 e. The van der Waals surface area contributed by atoms with Crippen LogP contribution >= 0.6 is 0 Å². The van der Waals surface area contributed by atoms with Crippen molar-refractivity contribution < 1.29 is 15.4 Å². The number of nitrogens with zero attached hydrogens (tertiary/aromatic N) is 3. The van der Waals surface area contributed by atoms with Crippen LogP contribution in [0.5, 0.6) is 0 Å². The van der Waals surface area contributed by atoms with Gasteiger partial charge < -0.3 is 10.6 Å². The summed E-state index contributed by atoms with van der Waals surface area (Å²) in [4.78, 5) is 26.1. The first kappa shape index (κ1) is 11.9. The summed E-state index contributed by atoms with van der Waals surface area (Å²) in [7, 11) is 0. The van der Waals surface area contributed by atoms with Gasteiger partial charge in [-0.15, -0.1) is 0 Å². The molecule has 8 heteroatoms. The molecule has 4 N–H and O–H groups in total. The standard InChI is InChI=1S/C8H8N4O3.H2O/c1-4-3-9-8-11-10-5(2-6(13)14)12(8)7(4)15;/h3H,2H2,1H3,(H,9,11)(H,13,14);1H2. The topological polar surface area (TPSA) is 132 Å². The van der Waals surface area contributed by atoms with Gasteiger partial charge in [0.2, 0.25) is 5.78 Å². The largest absolute Gasteiger partial charge is 0.481 e. The lowest BCUT2D eigenvalue weighted by Crippen LogP contribution is -2.19. The molecule has 2 aromatic heterocycles. The molecule has 0 atom stereocenters. The van der Waals surface area contributed by atoms with E-state index < -0.39 is 5.97 Å². The van der Waals surface area contributed by atoms with Gasteiger partial charge in [0.1, 0.15) is 6.42 Å². The highest BCUT2D eigenvalue weighted by Gasteiger charge is 2.12. The average molecular weight is 226 g/mol. The minimum atomic E-state index is -1.04. The van der Waals surface area contributed by atoms with Crippen molar-refractivity contribution in [3.63, 3.8) is 0 Å². The molecule has 0 spiro atoms. The van der Waals surface area contributed by atoms with E-state index in [0.717, 1.165) is 0 Å². The number of aryl methyl sites for hydroxylation is 1. The maximum absolute atomic E-state index is 11.7. The predicted molar refractivity (Wildman–Crippen MR) is 53.3 cm³/mol. The van der Waals surface area contributed by atoms with E-state index in [-0.39, 0.29) is 29.1 Å². The molecule has 0 aliphatic carbocycles. The fourth-order valence-electron chi connectivity index (χ4n) is 1.28. The number of hydrogen-bond donors (Lipinski definition) is 2. The van der Waals surface area contributed by atoms with Crippen molar-refractivity contribution in [3.05, 3.63) is 27.9 Å². The number of fused-ring (bicyclic) bond motifs is 1. The Hall–Kier alpha value is -2.22. The Morgan fingerprint density at radius 3 is 2.94 bits per heavy atom. The number of carbonyl (C=O) groups is 1. The Labute approximate surface area is 88.9 Å². The number of hydrogen-bond acceptors (Lipinski definition) is 4. The first-order valence-corrected chi connectivity index (χ1v) is 4.23. The van der Waals surface area contributed by atoms with Gasteiger partial charge in [0.15, 0.2) is 5.82 Å². The molecular formula is C8H10N4O4. The van der Waals surface area contributed by atoms with Crippen LogP contribution in [0.25, 0.3) is 5.78 Å². The molecule has 0 aliphatic heterocycles. The molecule has 2 aromatic rings. The number of H-pyrrole nitrogens is 1. The summed E-state index contributed by atoms with van der Waals surface area (Å²) >= 11 is 0. The zero-order valence-electron chi connectivity index (χ0n) is 8.39. The molecule has 2 rings (SSSR count). The first-order valence-electron chi connectivity index (χ1n) is 4.23. The van der Waals surface area contributed by atoms with Gasteiger partial charge in [0.25, 0.3) is 5.56 Å². The molecule has 0 bridgehead atoms. The van der Waals surface area contributed by atoms with Gasteiger partial charge in [-0.25, -0.2) is 14.5 Å². The highest BCUT2D eigenvalue weighted by atomic mass is 16.4. The van der Waals surface area contributed by atoms with Gasteiger partial charge in [0.05, 0.1) is 0 Å². The van der Waals surface area contributed by atoms with Crippen molar-refractivity contribution in [2.24, 2.45) is 0 Å². The molecule has 0 unspecified atom stereocenters. The van der Waals surface area contributed by atoms with Crippen LogP contribution in [0, 0.1) is 6.92 Å². The van der Waals surface area contributed by atoms with Gasteiger partial charge in [-0.1, -0.05) is 0 Å². The molecule has 0 amide bonds. The van der Waals surface area contributed by atoms with Crippen molar-refractivity contribution in [3.8, 4) is 0 Å². The molecule has 0 aromatic carbocycles. The summed E-state index contributed by atoms with van der Waals surface area (Å²) in [5, 5.41) is 14.8. The number of rotatable bonds is 2. The van der Waals surface area contributed by atoms with E-state index in [2.05, 4.69) is 15.2 Å². The van der Waals surface area contributed by atoms with Crippen LogP contribution < -0.4 is 5.56 Å². The maximum Gasteiger partial charge on any atom is 0.311 e. The molecule has 8 nitrogen and oxygen atoms in total. The summed E-state index contributed by atoms with van der Waals surface area (Å²) in [6, 6.07) is 0. The number of carboxylic acid groups (broad SMARTS) is 1. The van der Waals surface area contributed by atoms with Crippen LogP contribution in [-0.4, -0.2) is 36.1 Å². The lowest BCUT2D eigenvalue weighted by Gasteiger charge is -1.96. The molecule has 2 heterocycles. The summed E-state index contributed by atoms with van der Waals surface area (Å²) < 4.78 is 1.17. The molecular weight excluding hydrogens is 216 g/mol. The van der Waals surface area contributed by atoms with Crippen molar-refractivity contribution in [1.82, 2.24) is 19.6 Å². The third-order valence-corrected chi connectivity index (χ3v) is 1.99. The van der Waals surface area contributed by atoms with E-state index in [9.17, 15) is 9.59 Å². The van der Waals surface area contributed by atoms with Crippen molar-refractivity contribution in [1.29, 1.82) is 0 Å². The monoisotopic (exact) mass is 226 g/mol. The van der Waals surface area contributed by atoms with Gasteiger partial charge in [-0.05, 0) is 6.92 Å². The van der Waals surface area contributed by atoms with E-state index in [0.29, 0.717) is 5.56 Å². The fraction of sp³-hybridized carbons (Fsp3) is 0.250. The van der Waals surface area contributed by atoms with E-state index in [1.165, 1.54) is 10.6 Å². The van der Waals surface area contributed by atoms with Crippen molar-refractivity contribution in [2.45, 2.75) is 13.3 Å². The number of aromatic nitrogens is 4. The lowest BCUT2D eigenvalue weighted by atomic mass is 10.3. The number of nitrogens with one attached hydrogen (secondary N) is 1. The van der Waals surface area contributed by atoms with Crippen LogP contribution in [0.15, 0.2) is 11.0 Å². The Morgan fingerprint density at radius 1 is 1.62 bits per heavy atom. The zero-order chi connectivity index (χ0) is 11.0. The summed E-state index contributed by atoms with van der Waals surface area (Å²) in [5.41, 5.74) is 0.144. The van der Waals surface area contributed by atoms with Crippen LogP contribution in [0.3, 0.4) is 0 Å². The van der Waals surface area contributed by atoms with Crippen LogP contribution in [0.2, 0.25) is 0 Å². The van der Waals surface area contributed by atoms with Crippen LogP contribution in [0.4, 0.5) is 0 Å². The molecule has 0 saturated heterocycles. The quantitative estimate of drug-likeness (QED) is 0.645. The third kappa shape index (κ3) is 1.77. The Balaban J connectivity index is 0.00000128. The van der Waals surface area contributed by atoms with Crippen molar-refractivity contribution >= 4 is 11.7 Å². The summed E-state index contributed by atoms with van der Waals surface area (Å²) in [5.74, 6) is -0.641. The Bertz CT molecular complexity index is 585. The zero-order valence-corrected chi connectivity index (χ0v) is 8.39. The molecule has 86 valence electrons. The molecule has 0 radical (unpaired) electrons. The Kier molecular flexibility index (Phi) is 3.04. The summed E-state index contributed by atoms with van der Waals surface area (Å²) in [6.07, 6.45) is 1.10. The van der Waals surface area contributed by atoms with E-state index in [1.54, 1.807) is 6.92 Å². The maximum atomic E-state index is 11.7. The fourth-order valence-corrected chi connectivity index (χ4v) is 1.28. The first-order chi connectivity index (χ1) is 7.09. The predicted octanol–water partition coefficient (Wildman–Crippen LogP) is -1.47. The second-order valence-electron chi connectivity index (χ2n) is 3.12. The molecule has 0 saturated carbocycles. The SMILES string of the molecule is Cc1cnc2[nH]nc(CC(=O)O)n2c1=O.O. The van der Waals surface area contributed by atoms with Crippen LogP contribution in [0.1, 0.15) is 11.4 Å². The second-order valence-corrected chi connectivity index (χ2v) is 3.12. The Morgan fingerprint density at radius 2 is 2.31 bits per heavy atom. The normalized spacial score (nSPS) is 10.1. The van der Waals surface area contributed by atoms with Gasteiger partial charge in [-0.3, -0.25) is 9.59 Å². The number of carboxylic acids is 1. The van der Waals surface area contributed by atoms with Crippen LogP contribution in [-0.2, 0) is 11.2 Å². The van der Waals surface area contributed by atoms with E-state index in [1.807, 2.05) is 0 Å². The van der Waals surface area contributed by atoms with Gasteiger partial charge in [0, 0.05) is 11.8 Å². The van der Waals surface area contributed by atoms with E-state index >= 15 is 0 Å².